The molecule has 7 heteroatoms. The molecule has 2 aromatic rings. The minimum Gasteiger partial charge on any atom is -0.466 e. The highest BCUT2D eigenvalue weighted by atomic mass is 16.5. The van der Waals surface area contributed by atoms with Crippen molar-refractivity contribution in [2.45, 2.75) is 19.8 Å². The van der Waals surface area contributed by atoms with Crippen molar-refractivity contribution in [3.63, 3.8) is 0 Å². The molecule has 0 unspecified atom stereocenters. The molecule has 0 bridgehead atoms. The van der Waals surface area contributed by atoms with Crippen LogP contribution in [0.2, 0.25) is 0 Å². The summed E-state index contributed by atoms with van der Waals surface area (Å²) in [6.45, 7) is 2.96. The molecule has 0 N–H and O–H groups in total. The van der Waals surface area contributed by atoms with Gasteiger partial charge in [0.05, 0.1) is 18.0 Å². The number of nitrogens with zero attached hydrogens (tertiary/aromatic N) is 3. The van der Waals surface area contributed by atoms with Gasteiger partial charge in [-0.3, -0.25) is 19.1 Å². The fourth-order valence-electron chi connectivity index (χ4n) is 3.19. The smallest absolute Gasteiger partial charge is 0.309 e. The molecule has 0 aliphatic carbocycles. The fourth-order valence-corrected chi connectivity index (χ4v) is 3.19. The first-order valence-electron chi connectivity index (χ1n) is 8.45. The van der Waals surface area contributed by atoms with Gasteiger partial charge in [-0.15, -0.1) is 0 Å². The molecule has 1 aliphatic heterocycles. The Hall–Kier alpha value is -2.70. The van der Waals surface area contributed by atoms with Crippen LogP contribution in [0, 0.1) is 5.92 Å². The van der Waals surface area contributed by atoms with Crippen molar-refractivity contribution in [2.24, 2.45) is 13.0 Å². The highest BCUT2D eigenvalue weighted by molar-refractivity contribution is 5.95. The summed E-state index contributed by atoms with van der Waals surface area (Å²) >= 11 is 0. The number of piperidine rings is 1. The third-order valence-electron chi connectivity index (χ3n) is 4.57. The van der Waals surface area contributed by atoms with Gasteiger partial charge in [0.25, 0.3) is 5.91 Å². The number of rotatable bonds is 3. The summed E-state index contributed by atoms with van der Waals surface area (Å²) in [6.07, 6.45) is 1.08. The van der Waals surface area contributed by atoms with E-state index in [9.17, 15) is 14.4 Å². The van der Waals surface area contributed by atoms with E-state index in [2.05, 4.69) is 5.10 Å². The second-order valence-corrected chi connectivity index (χ2v) is 6.14. The third kappa shape index (κ3) is 3.26. The van der Waals surface area contributed by atoms with Gasteiger partial charge in [-0.1, -0.05) is 12.1 Å². The predicted octanol–water partition coefficient (Wildman–Crippen LogP) is 1.35. The number of ether oxygens (including phenoxy) is 1. The number of carbonyl (C=O) groups excluding carboxylic acids is 2. The van der Waals surface area contributed by atoms with Crippen LogP contribution in [0.5, 0.6) is 0 Å². The molecule has 1 fully saturated rings. The first-order chi connectivity index (χ1) is 12.0. The lowest BCUT2D eigenvalue weighted by Gasteiger charge is -2.30. The van der Waals surface area contributed by atoms with Gasteiger partial charge < -0.3 is 9.64 Å². The van der Waals surface area contributed by atoms with Crippen molar-refractivity contribution in [3.8, 4) is 0 Å². The molecule has 2 heterocycles. The van der Waals surface area contributed by atoms with Crippen LogP contribution in [0.4, 0.5) is 0 Å². The zero-order valence-electron chi connectivity index (χ0n) is 14.4. The SMILES string of the molecule is CCOC(=O)C1CCN(C(=O)c2nn(C)c3ccccc3c2=O)CC1. The molecule has 25 heavy (non-hydrogen) atoms. The summed E-state index contributed by atoms with van der Waals surface area (Å²) in [4.78, 5) is 38.8. The Kier molecular flexibility index (Phi) is 4.83. The Morgan fingerprint density at radius 2 is 1.92 bits per heavy atom. The molecule has 0 atom stereocenters. The average Bonchev–Trinajstić information content (AvgIpc) is 2.64. The molecule has 7 nitrogen and oxygen atoms in total. The first-order valence-corrected chi connectivity index (χ1v) is 8.45. The van der Waals surface area contributed by atoms with Crippen LogP contribution < -0.4 is 5.43 Å². The molecule has 1 aromatic carbocycles. The normalized spacial score (nSPS) is 15.4. The summed E-state index contributed by atoms with van der Waals surface area (Å²) in [5, 5.41) is 4.66. The van der Waals surface area contributed by atoms with Crippen molar-refractivity contribution in [3.05, 3.63) is 40.2 Å². The lowest BCUT2D eigenvalue weighted by molar-refractivity contribution is -0.149. The standard InChI is InChI=1S/C18H21N3O4/c1-3-25-18(24)12-8-10-21(11-9-12)17(23)15-16(22)13-6-4-5-7-14(13)20(2)19-15/h4-7,12H,3,8-11H2,1-2H3. The minimum absolute atomic E-state index is 0.0733. The molecule has 1 saturated heterocycles. The first kappa shape index (κ1) is 17.1. The largest absolute Gasteiger partial charge is 0.466 e. The number of benzene rings is 1. The molecule has 132 valence electrons. The minimum atomic E-state index is -0.381. The topological polar surface area (TPSA) is 81.5 Å². The number of para-hydroxylation sites is 1. The molecular weight excluding hydrogens is 322 g/mol. The number of carbonyl (C=O) groups is 2. The van der Waals surface area contributed by atoms with Gasteiger partial charge in [0.15, 0.2) is 5.69 Å². The maximum Gasteiger partial charge on any atom is 0.309 e. The monoisotopic (exact) mass is 343 g/mol. The Morgan fingerprint density at radius 1 is 1.24 bits per heavy atom. The van der Waals surface area contributed by atoms with E-state index in [-0.39, 0.29) is 28.9 Å². The highest BCUT2D eigenvalue weighted by Crippen LogP contribution is 2.20. The van der Waals surface area contributed by atoms with Crippen molar-refractivity contribution < 1.29 is 14.3 Å². The van der Waals surface area contributed by atoms with E-state index in [1.54, 1.807) is 41.8 Å². The second kappa shape index (κ2) is 7.04. The fraction of sp³-hybridized carbons (Fsp3) is 0.444. The van der Waals surface area contributed by atoms with E-state index >= 15 is 0 Å². The van der Waals surface area contributed by atoms with Crippen molar-refractivity contribution >= 4 is 22.8 Å². The van der Waals surface area contributed by atoms with E-state index in [0.29, 0.717) is 43.4 Å². The number of hydrogen-bond donors (Lipinski definition) is 0. The Morgan fingerprint density at radius 3 is 2.60 bits per heavy atom. The summed E-state index contributed by atoms with van der Waals surface area (Å²) in [5.41, 5.74) is 0.257. The summed E-state index contributed by atoms with van der Waals surface area (Å²) in [7, 11) is 1.71. The van der Waals surface area contributed by atoms with Gasteiger partial charge in [0.2, 0.25) is 5.43 Å². The average molecular weight is 343 g/mol. The van der Waals surface area contributed by atoms with Crippen molar-refractivity contribution in [1.29, 1.82) is 0 Å². The maximum atomic E-state index is 12.8. The van der Waals surface area contributed by atoms with E-state index in [0.717, 1.165) is 0 Å². The predicted molar refractivity (Wildman–Crippen MR) is 92.2 cm³/mol. The molecule has 0 saturated carbocycles. The van der Waals surface area contributed by atoms with Gasteiger partial charge >= 0.3 is 5.97 Å². The summed E-state index contributed by atoms with van der Waals surface area (Å²) in [6, 6.07) is 7.08. The van der Waals surface area contributed by atoms with Crippen molar-refractivity contribution in [1.82, 2.24) is 14.7 Å². The molecule has 3 rings (SSSR count). The number of aryl methyl sites for hydroxylation is 1. The van der Waals surface area contributed by atoms with Crippen LogP contribution in [0.25, 0.3) is 10.9 Å². The Bertz CT molecular complexity index is 866. The zero-order chi connectivity index (χ0) is 18.0. The molecule has 0 spiro atoms. The Labute approximate surface area is 145 Å². The molecule has 1 aliphatic rings. The highest BCUT2D eigenvalue weighted by Gasteiger charge is 2.30. The molecular formula is C18H21N3O4. The van der Waals surface area contributed by atoms with Crippen LogP contribution in [0.3, 0.4) is 0 Å². The van der Waals surface area contributed by atoms with E-state index in [1.165, 1.54) is 0 Å². The number of likely N-dealkylation sites (tertiary alicyclic amines) is 1. The van der Waals surface area contributed by atoms with Crippen LogP contribution in [0.1, 0.15) is 30.3 Å². The zero-order valence-corrected chi connectivity index (χ0v) is 14.4. The Balaban J connectivity index is 1.81. The molecule has 0 radical (unpaired) electrons. The van der Waals surface area contributed by atoms with Gasteiger partial charge in [-0.05, 0) is 31.9 Å². The summed E-state index contributed by atoms with van der Waals surface area (Å²) < 4.78 is 6.59. The van der Waals surface area contributed by atoms with Gasteiger partial charge in [0.1, 0.15) is 0 Å². The van der Waals surface area contributed by atoms with Crippen molar-refractivity contribution in [2.75, 3.05) is 19.7 Å². The number of fused-ring (bicyclic) bond motifs is 1. The third-order valence-corrected chi connectivity index (χ3v) is 4.57. The van der Waals surface area contributed by atoms with Crippen LogP contribution >= 0.6 is 0 Å². The number of hydrogen-bond acceptors (Lipinski definition) is 5. The number of esters is 1. The van der Waals surface area contributed by atoms with Gasteiger partial charge in [0, 0.05) is 25.5 Å². The van der Waals surface area contributed by atoms with Gasteiger partial charge in [-0.25, -0.2) is 0 Å². The molecule has 1 amide bonds. The van der Waals surface area contributed by atoms with Crippen LogP contribution in [0.15, 0.2) is 29.1 Å². The summed E-state index contributed by atoms with van der Waals surface area (Å²) in [5.74, 6) is -0.778. The van der Waals surface area contributed by atoms with E-state index < -0.39 is 0 Å². The maximum absolute atomic E-state index is 12.8. The second-order valence-electron chi connectivity index (χ2n) is 6.14. The van der Waals surface area contributed by atoms with Crippen LogP contribution in [-0.2, 0) is 16.6 Å². The quantitative estimate of drug-likeness (QED) is 0.786. The van der Waals surface area contributed by atoms with E-state index in [1.807, 2.05) is 6.07 Å². The van der Waals surface area contributed by atoms with E-state index in [4.69, 9.17) is 4.74 Å². The van der Waals surface area contributed by atoms with Gasteiger partial charge in [-0.2, -0.15) is 5.10 Å². The lowest BCUT2D eigenvalue weighted by Crippen LogP contribution is -2.43. The van der Waals surface area contributed by atoms with Crippen LogP contribution in [-0.4, -0.2) is 46.3 Å². The number of aromatic nitrogens is 2. The lowest BCUT2D eigenvalue weighted by atomic mass is 9.97. The number of amides is 1. The molecule has 1 aromatic heterocycles.